The van der Waals surface area contributed by atoms with Gasteiger partial charge in [-0.25, -0.2) is 4.79 Å². The van der Waals surface area contributed by atoms with Gasteiger partial charge in [0, 0.05) is 4.75 Å². The number of amides is 3. The van der Waals surface area contributed by atoms with Crippen LogP contribution in [0.5, 0.6) is 0 Å². The molecule has 0 aliphatic carbocycles. The van der Waals surface area contributed by atoms with Gasteiger partial charge in [-0.2, -0.15) is 0 Å². The first kappa shape index (κ1) is 19.0. The Bertz CT molecular complexity index is 884. The van der Waals surface area contributed by atoms with Crippen molar-refractivity contribution in [2.45, 2.75) is 62.4 Å². The van der Waals surface area contributed by atoms with E-state index in [9.17, 15) is 19.2 Å². The van der Waals surface area contributed by atoms with Crippen LogP contribution in [-0.4, -0.2) is 61.3 Å². The minimum atomic E-state index is -0.899. The largest absolute Gasteiger partial charge is 0.458 e. The van der Waals surface area contributed by atoms with Gasteiger partial charge < -0.3 is 9.64 Å². The van der Waals surface area contributed by atoms with Crippen LogP contribution in [0.15, 0.2) is 24.3 Å². The number of thioether (sulfide) groups is 1. The molecule has 0 spiro atoms. The number of hydrogen-bond donors (Lipinski definition) is 0. The predicted molar refractivity (Wildman–Crippen MR) is 103 cm³/mol. The molecule has 8 heteroatoms. The zero-order valence-electron chi connectivity index (χ0n) is 16.4. The fourth-order valence-corrected chi connectivity index (χ4v) is 5.70. The average molecular weight is 402 g/mol. The highest BCUT2D eigenvalue weighted by molar-refractivity contribution is 8.01. The van der Waals surface area contributed by atoms with Crippen LogP contribution in [-0.2, 0) is 14.3 Å². The molecule has 2 saturated heterocycles. The summed E-state index contributed by atoms with van der Waals surface area (Å²) in [4.78, 5) is 53.8. The Morgan fingerprint density at radius 3 is 2.11 bits per heavy atom. The Labute approximate surface area is 167 Å². The van der Waals surface area contributed by atoms with Crippen molar-refractivity contribution in [1.29, 1.82) is 0 Å². The highest BCUT2D eigenvalue weighted by Gasteiger charge is 2.67. The van der Waals surface area contributed by atoms with Crippen LogP contribution in [0, 0.1) is 0 Å². The van der Waals surface area contributed by atoms with Crippen LogP contribution in [0.3, 0.4) is 0 Å². The summed E-state index contributed by atoms with van der Waals surface area (Å²) in [6, 6.07) is 4.89. The molecule has 4 rings (SSSR count). The summed E-state index contributed by atoms with van der Waals surface area (Å²) >= 11 is 1.42. The third-order valence-corrected chi connectivity index (χ3v) is 6.70. The van der Waals surface area contributed by atoms with Crippen LogP contribution in [0.25, 0.3) is 0 Å². The minimum absolute atomic E-state index is 0.310. The molecule has 1 aromatic rings. The molecule has 3 atom stereocenters. The van der Waals surface area contributed by atoms with Crippen molar-refractivity contribution in [3.8, 4) is 0 Å². The van der Waals surface area contributed by atoms with E-state index >= 15 is 0 Å². The number of esters is 1. The molecule has 0 bridgehead atoms. The lowest BCUT2D eigenvalue weighted by atomic mass is 9.95. The van der Waals surface area contributed by atoms with Gasteiger partial charge in [-0.3, -0.25) is 19.3 Å². The van der Waals surface area contributed by atoms with Gasteiger partial charge in [0.2, 0.25) is 0 Å². The molecule has 3 aliphatic rings. The molecule has 0 N–H and O–H groups in total. The number of imide groups is 1. The Hall–Kier alpha value is -2.35. The molecule has 3 aliphatic heterocycles. The molecule has 7 nitrogen and oxygen atoms in total. The second-order valence-corrected chi connectivity index (χ2v) is 10.5. The van der Waals surface area contributed by atoms with E-state index < -0.39 is 51.5 Å². The monoisotopic (exact) mass is 402 g/mol. The zero-order chi connectivity index (χ0) is 20.6. The van der Waals surface area contributed by atoms with E-state index in [4.69, 9.17) is 4.74 Å². The third-order valence-electron chi connectivity index (χ3n) is 5.15. The fraction of sp³-hybridized carbons (Fsp3) is 0.500. The SMILES string of the molecule is CC(C)(C)OC(=O)[C@@H]1N2C(=O)C(N3C(=O)c4ccccc4C3=O)[C@H]2SC1(C)C. The van der Waals surface area contributed by atoms with Crippen molar-refractivity contribution in [3.63, 3.8) is 0 Å². The van der Waals surface area contributed by atoms with Gasteiger partial charge >= 0.3 is 5.97 Å². The van der Waals surface area contributed by atoms with Gasteiger partial charge in [0.1, 0.15) is 23.1 Å². The summed E-state index contributed by atoms with van der Waals surface area (Å²) < 4.78 is 4.92. The van der Waals surface area contributed by atoms with Crippen LogP contribution in [0.1, 0.15) is 55.3 Å². The summed E-state index contributed by atoms with van der Waals surface area (Å²) in [5.41, 5.74) is -0.0550. The quantitative estimate of drug-likeness (QED) is 0.428. The second-order valence-electron chi connectivity index (χ2n) is 8.76. The number of ether oxygens (including phenoxy) is 1. The first-order chi connectivity index (χ1) is 12.9. The van der Waals surface area contributed by atoms with E-state index in [1.54, 1.807) is 45.0 Å². The molecular weight excluding hydrogens is 380 g/mol. The number of β-lactam (4-membered cyclic amide) rings is 1. The maximum absolute atomic E-state index is 13.0. The smallest absolute Gasteiger partial charge is 0.330 e. The highest BCUT2D eigenvalue weighted by Crippen LogP contribution is 2.53. The van der Waals surface area contributed by atoms with E-state index in [1.165, 1.54) is 16.7 Å². The highest BCUT2D eigenvalue weighted by atomic mass is 32.2. The maximum atomic E-state index is 13.0. The van der Waals surface area contributed by atoms with Crippen molar-refractivity contribution in [3.05, 3.63) is 35.4 Å². The van der Waals surface area contributed by atoms with Gasteiger partial charge in [0.05, 0.1) is 11.1 Å². The number of carbonyl (C=O) groups is 4. The lowest BCUT2D eigenvalue weighted by Crippen LogP contribution is -2.71. The molecule has 0 radical (unpaired) electrons. The summed E-state index contributed by atoms with van der Waals surface area (Å²) in [5, 5.41) is -0.456. The first-order valence-corrected chi connectivity index (χ1v) is 10.0. The van der Waals surface area contributed by atoms with Gasteiger partial charge in [0.15, 0.2) is 0 Å². The summed E-state index contributed by atoms with van der Waals surface area (Å²) in [6.45, 7) is 9.07. The topological polar surface area (TPSA) is 84.0 Å². The van der Waals surface area contributed by atoms with Crippen molar-refractivity contribution >= 4 is 35.5 Å². The third kappa shape index (κ3) is 2.57. The van der Waals surface area contributed by atoms with E-state index in [0.717, 1.165) is 4.90 Å². The van der Waals surface area contributed by atoms with Gasteiger partial charge in [0.25, 0.3) is 17.7 Å². The molecule has 0 saturated carbocycles. The van der Waals surface area contributed by atoms with Gasteiger partial charge in [-0.15, -0.1) is 11.8 Å². The maximum Gasteiger partial charge on any atom is 0.330 e. The number of hydrogen-bond acceptors (Lipinski definition) is 6. The van der Waals surface area contributed by atoms with Crippen LogP contribution < -0.4 is 0 Å². The molecule has 1 aromatic carbocycles. The Morgan fingerprint density at radius 2 is 1.61 bits per heavy atom. The number of rotatable bonds is 2. The van der Waals surface area contributed by atoms with E-state index in [1.807, 2.05) is 13.8 Å². The normalized spacial score (nSPS) is 28.2. The molecule has 148 valence electrons. The van der Waals surface area contributed by atoms with Crippen molar-refractivity contribution < 1.29 is 23.9 Å². The lowest BCUT2D eigenvalue weighted by molar-refractivity contribution is -0.172. The van der Waals surface area contributed by atoms with Crippen molar-refractivity contribution in [1.82, 2.24) is 9.80 Å². The Balaban J connectivity index is 1.62. The summed E-state index contributed by atoms with van der Waals surface area (Å²) in [5.74, 6) is -1.79. The minimum Gasteiger partial charge on any atom is -0.458 e. The molecular formula is C20H22N2O5S. The van der Waals surface area contributed by atoms with Crippen LogP contribution in [0.4, 0.5) is 0 Å². The number of carbonyl (C=O) groups excluding carboxylic acids is 4. The number of fused-ring (bicyclic) bond motifs is 2. The summed E-state index contributed by atoms with van der Waals surface area (Å²) in [7, 11) is 0. The van der Waals surface area contributed by atoms with Crippen molar-refractivity contribution in [2.24, 2.45) is 0 Å². The molecule has 28 heavy (non-hydrogen) atoms. The molecule has 3 amide bonds. The van der Waals surface area contributed by atoms with Crippen molar-refractivity contribution in [2.75, 3.05) is 0 Å². The molecule has 3 heterocycles. The Morgan fingerprint density at radius 1 is 1.07 bits per heavy atom. The van der Waals surface area contributed by atoms with Crippen LogP contribution in [0.2, 0.25) is 0 Å². The van der Waals surface area contributed by atoms with Gasteiger partial charge in [-0.1, -0.05) is 12.1 Å². The standard InChI is InChI=1S/C20H22N2O5S/c1-19(2,3)27-18(26)13-20(4,5)28-17-12(16(25)22(13)17)21-14(23)10-8-6-7-9-11(10)15(21)24/h6-9,12-13,17H,1-5H3/t12?,13-,17+/m0/s1. The van der Waals surface area contributed by atoms with Gasteiger partial charge in [-0.05, 0) is 46.8 Å². The molecule has 1 unspecified atom stereocenters. The average Bonchev–Trinajstić information content (AvgIpc) is 2.98. The fourth-order valence-electron chi connectivity index (χ4n) is 4.03. The molecule has 2 fully saturated rings. The predicted octanol–water partition coefficient (Wildman–Crippen LogP) is 2.06. The first-order valence-electron chi connectivity index (χ1n) is 9.14. The second kappa shape index (κ2) is 5.83. The lowest BCUT2D eigenvalue weighted by Gasteiger charge is -2.46. The molecule has 0 aromatic heterocycles. The van der Waals surface area contributed by atoms with Crippen LogP contribution >= 0.6 is 11.8 Å². The number of benzene rings is 1. The summed E-state index contributed by atoms with van der Waals surface area (Å²) in [6.07, 6.45) is 0. The van der Waals surface area contributed by atoms with E-state index in [-0.39, 0.29) is 0 Å². The van der Waals surface area contributed by atoms with E-state index in [2.05, 4.69) is 0 Å². The Kier molecular flexibility index (Phi) is 3.95. The van der Waals surface area contributed by atoms with E-state index in [0.29, 0.717) is 11.1 Å². The number of nitrogens with zero attached hydrogens (tertiary/aromatic N) is 2. The zero-order valence-corrected chi connectivity index (χ0v) is 17.2.